The third-order valence-electron chi connectivity index (χ3n) is 1.36. The molecule has 1 heterocycles. The van der Waals surface area contributed by atoms with Gasteiger partial charge in [0, 0.05) is 12.7 Å². The van der Waals surface area contributed by atoms with Crippen molar-refractivity contribution in [2.75, 3.05) is 0 Å². The van der Waals surface area contributed by atoms with Gasteiger partial charge in [0.25, 0.3) is 0 Å². The molecule has 58 valence electrons. The molecule has 3 nitrogen and oxygen atoms in total. The van der Waals surface area contributed by atoms with Gasteiger partial charge in [-0.05, 0) is 22.9 Å². The van der Waals surface area contributed by atoms with Gasteiger partial charge < -0.3 is 0 Å². The molecular weight excluding hydrogens is 206 g/mol. The molecule has 1 rings (SSSR count). The average molecular weight is 214 g/mol. The summed E-state index contributed by atoms with van der Waals surface area (Å²) in [6.45, 7) is 2.85. The van der Waals surface area contributed by atoms with E-state index >= 15 is 0 Å². The molecule has 0 radical (unpaired) electrons. The van der Waals surface area contributed by atoms with Crippen LogP contribution in [0, 0.1) is 11.3 Å². The number of halogens is 1. The Labute approximate surface area is 73.8 Å². The Hall–Kier alpha value is -0.820. The third kappa shape index (κ3) is 1.81. The van der Waals surface area contributed by atoms with Crippen molar-refractivity contribution in [2.24, 2.45) is 0 Å². The van der Waals surface area contributed by atoms with Gasteiger partial charge in [0.2, 0.25) is 0 Å². The van der Waals surface area contributed by atoms with Crippen LogP contribution in [-0.2, 0) is 13.0 Å². The fraction of sp³-hybridized carbons (Fsp3) is 0.429. The number of hydrogen-bond donors (Lipinski definition) is 0. The van der Waals surface area contributed by atoms with Crippen LogP contribution in [0.2, 0.25) is 0 Å². The van der Waals surface area contributed by atoms with Gasteiger partial charge >= 0.3 is 0 Å². The lowest BCUT2D eigenvalue weighted by Crippen LogP contribution is -1.94. The number of hydrogen-bond acceptors (Lipinski definition) is 2. The predicted octanol–water partition coefficient (Wildman–Crippen LogP) is 1.73. The Bertz CT molecular complexity index is 284. The summed E-state index contributed by atoms with van der Waals surface area (Å²) in [5.74, 6) is 0. The van der Waals surface area contributed by atoms with Gasteiger partial charge in [-0.15, -0.1) is 0 Å². The van der Waals surface area contributed by atoms with Gasteiger partial charge in [-0.25, -0.2) is 0 Å². The van der Waals surface area contributed by atoms with E-state index in [1.54, 1.807) is 4.68 Å². The smallest absolute Gasteiger partial charge is 0.0907 e. The van der Waals surface area contributed by atoms with Crippen molar-refractivity contribution in [1.82, 2.24) is 9.78 Å². The standard InChI is InChI=1S/C7H8BrN3/c1-2-11-5-6(8)7(10-11)3-4-9/h5H,2-3H2,1H3. The van der Waals surface area contributed by atoms with Crippen LogP contribution in [0.5, 0.6) is 0 Å². The van der Waals surface area contributed by atoms with Crippen LogP contribution in [0.15, 0.2) is 10.7 Å². The van der Waals surface area contributed by atoms with Gasteiger partial charge in [-0.3, -0.25) is 4.68 Å². The van der Waals surface area contributed by atoms with Crippen molar-refractivity contribution in [2.45, 2.75) is 19.9 Å². The third-order valence-corrected chi connectivity index (χ3v) is 2.02. The zero-order chi connectivity index (χ0) is 8.27. The van der Waals surface area contributed by atoms with Crippen LogP contribution in [0.4, 0.5) is 0 Å². The van der Waals surface area contributed by atoms with Crippen molar-refractivity contribution < 1.29 is 0 Å². The molecule has 0 amide bonds. The Morgan fingerprint density at radius 1 is 1.82 bits per heavy atom. The van der Waals surface area contributed by atoms with Gasteiger partial charge in [0.1, 0.15) is 0 Å². The van der Waals surface area contributed by atoms with E-state index in [2.05, 4.69) is 27.1 Å². The average Bonchev–Trinajstić information content (AvgIpc) is 2.33. The summed E-state index contributed by atoms with van der Waals surface area (Å²) in [6.07, 6.45) is 2.25. The van der Waals surface area contributed by atoms with Crippen LogP contribution in [0.25, 0.3) is 0 Å². The van der Waals surface area contributed by atoms with E-state index in [0.29, 0.717) is 6.42 Å². The summed E-state index contributed by atoms with van der Waals surface area (Å²) >= 11 is 3.32. The van der Waals surface area contributed by atoms with Gasteiger partial charge in [0.05, 0.1) is 22.7 Å². The predicted molar refractivity (Wildman–Crippen MR) is 44.9 cm³/mol. The van der Waals surface area contributed by atoms with Crippen LogP contribution < -0.4 is 0 Å². The van der Waals surface area contributed by atoms with Gasteiger partial charge in [0.15, 0.2) is 0 Å². The summed E-state index contributed by atoms with van der Waals surface area (Å²) in [7, 11) is 0. The first kappa shape index (κ1) is 8.28. The molecule has 0 saturated heterocycles. The van der Waals surface area contributed by atoms with Gasteiger partial charge in [-0.1, -0.05) is 0 Å². The lowest BCUT2D eigenvalue weighted by Gasteiger charge is -1.89. The first-order valence-electron chi connectivity index (χ1n) is 3.36. The van der Waals surface area contributed by atoms with E-state index in [-0.39, 0.29) is 0 Å². The molecule has 0 atom stereocenters. The van der Waals surface area contributed by atoms with E-state index in [4.69, 9.17) is 5.26 Å². The van der Waals surface area contributed by atoms with Crippen LogP contribution >= 0.6 is 15.9 Å². The zero-order valence-electron chi connectivity index (χ0n) is 6.21. The second-order valence-corrected chi connectivity index (χ2v) is 2.97. The van der Waals surface area contributed by atoms with Crippen LogP contribution in [-0.4, -0.2) is 9.78 Å². The number of rotatable bonds is 2. The van der Waals surface area contributed by atoms with Crippen LogP contribution in [0.1, 0.15) is 12.6 Å². The van der Waals surface area contributed by atoms with Crippen molar-refractivity contribution in [3.63, 3.8) is 0 Å². The quantitative estimate of drug-likeness (QED) is 0.752. The lowest BCUT2D eigenvalue weighted by molar-refractivity contribution is 0.651. The molecule has 0 N–H and O–H groups in total. The minimum absolute atomic E-state index is 0.369. The normalized spacial score (nSPS) is 9.55. The molecule has 0 fully saturated rings. The highest BCUT2D eigenvalue weighted by atomic mass is 79.9. The molecule has 0 saturated carbocycles. The van der Waals surface area contributed by atoms with E-state index in [9.17, 15) is 0 Å². The maximum absolute atomic E-state index is 8.41. The minimum Gasteiger partial charge on any atom is -0.272 e. The van der Waals surface area contributed by atoms with Gasteiger partial charge in [-0.2, -0.15) is 10.4 Å². The zero-order valence-corrected chi connectivity index (χ0v) is 7.80. The monoisotopic (exact) mass is 213 g/mol. The number of aromatic nitrogens is 2. The van der Waals surface area contributed by atoms with E-state index in [0.717, 1.165) is 16.7 Å². The second-order valence-electron chi connectivity index (χ2n) is 2.11. The molecule has 0 bridgehead atoms. The molecule has 0 aliphatic carbocycles. The largest absolute Gasteiger partial charge is 0.272 e. The summed E-state index contributed by atoms with van der Waals surface area (Å²) in [6, 6.07) is 2.06. The SMILES string of the molecule is CCn1cc(Br)c(CC#N)n1. The molecule has 0 aromatic carbocycles. The van der Waals surface area contributed by atoms with Crippen molar-refractivity contribution in [3.8, 4) is 6.07 Å². The number of nitrogens with zero attached hydrogens (tertiary/aromatic N) is 3. The first-order chi connectivity index (χ1) is 5.27. The highest BCUT2D eigenvalue weighted by molar-refractivity contribution is 9.10. The highest BCUT2D eigenvalue weighted by Gasteiger charge is 2.03. The maximum Gasteiger partial charge on any atom is 0.0907 e. The summed E-state index contributed by atoms with van der Waals surface area (Å²) < 4.78 is 2.72. The van der Waals surface area contributed by atoms with Crippen LogP contribution in [0.3, 0.4) is 0 Å². The summed E-state index contributed by atoms with van der Waals surface area (Å²) in [5, 5.41) is 12.6. The molecule has 1 aromatic rings. The summed E-state index contributed by atoms with van der Waals surface area (Å²) in [5.41, 5.74) is 0.814. The topological polar surface area (TPSA) is 41.6 Å². The fourth-order valence-electron chi connectivity index (χ4n) is 0.794. The van der Waals surface area contributed by atoms with Crippen molar-refractivity contribution in [1.29, 1.82) is 5.26 Å². The van der Waals surface area contributed by atoms with Crippen molar-refractivity contribution in [3.05, 3.63) is 16.4 Å². The molecule has 0 unspecified atom stereocenters. The number of nitriles is 1. The Morgan fingerprint density at radius 3 is 3.00 bits per heavy atom. The maximum atomic E-state index is 8.41. The minimum atomic E-state index is 0.369. The Morgan fingerprint density at radius 2 is 2.55 bits per heavy atom. The molecular formula is C7H8BrN3. The molecule has 11 heavy (non-hydrogen) atoms. The first-order valence-corrected chi connectivity index (χ1v) is 4.16. The number of aryl methyl sites for hydroxylation is 1. The molecule has 4 heteroatoms. The Kier molecular flexibility index (Phi) is 2.66. The molecule has 0 aliphatic heterocycles. The molecule has 0 spiro atoms. The van der Waals surface area contributed by atoms with E-state index < -0.39 is 0 Å². The lowest BCUT2D eigenvalue weighted by atomic mass is 10.3. The molecule has 1 aromatic heterocycles. The molecule has 0 aliphatic rings. The summed E-state index contributed by atoms with van der Waals surface area (Å²) in [4.78, 5) is 0. The second kappa shape index (κ2) is 3.54. The highest BCUT2D eigenvalue weighted by Crippen LogP contribution is 2.14. The van der Waals surface area contributed by atoms with E-state index in [1.807, 2.05) is 13.1 Å². The fourth-order valence-corrected chi connectivity index (χ4v) is 1.25. The van der Waals surface area contributed by atoms with E-state index in [1.165, 1.54) is 0 Å². The Balaban J connectivity index is 2.90. The van der Waals surface area contributed by atoms with Crippen molar-refractivity contribution >= 4 is 15.9 Å².